The summed E-state index contributed by atoms with van der Waals surface area (Å²) in [6, 6.07) is 7.07. The van der Waals surface area contributed by atoms with Crippen LogP contribution in [-0.4, -0.2) is 39.2 Å². The molecule has 3 rings (SSSR count). The highest BCUT2D eigenvalue weighted by Gasteiger charge is 2.24. The van der Waals surface area contributed by atoms with E-state index in [2.05, 4.69) is 4.98 Å². The lowest BCUT2D eigenvalue weighted by molar-refractivity contribution is -0.129. The number of para-hydroxylation sites is 2. The van der Waals surface area contributed by atoms with E-state index in [1.807, 2.05) is 7.05 Å². The number of alkyl halides is 2. The van der Waals surface area contributed by atoms with Crippen molar-refractivity contribution in [2.45, 2.75) is 49.9 Å². The first kappa shape index (κ1) is 17.2. The average molecular weight is 353 g/mol. The molecule has 0 spiro atoms. The average Bonchev–Trinajstić information content (AvgIpc) is 2.98. The minimum atomic E-state index is -2.67. The van der Waals surface area contributed by atoms with Gasteiger partial charge in [0.25, 0.3) is 0 Å². The predicted molar refractivity (Wildman–Crippen MR) is 91.4 cm³/mol. The van der Waals surface area contributed by atoms with Crippen LogP contribution in [0.3, 0.4) is 0 Å². The maximum absolute atomic E-state index is 13.4. The van der Waals surface area contributed by atoms with Gasteiger partial charge in [-0.3, -0.25) is 9.36 Å². The molecule has 1 heterocycles. The van der Waals surface area contributed by atoms with Gasteiger partial charge in [-0.2, -0.15) is 8.78 Å². The van der Waals surface area contributed by atoms with Crippen molar-refractivity contribution in [2.75, 3.05) is 12.8 Å². The van der Waals surface area contributed by atoms with E-state index in [-0.39, 0.29) is 22.9 Å². The number of aromatic nitrogens is 2. The molecule has 7 heteroatoms. The van der Waals surface area contributed by atoms with Gasteiger partial charge in [0.05, 0.1) is 16.8 Å². The Morgan fingerprint density at radius 1 is 1.33 bits per heavy atom. The SMILES string of the molecule is CN(C(=O)CSc1nc2ccccc2n1C(F)F)C1CCCCC1. The summed E-state index contributed by atoms with van der Waals surface area (Å²) in [5, 5.41) is 0.191. The first-order chi connectivity index (χ1) is 11.6. The van der Waals surface area contributed by atoms with E-state index in [0.717, 1.165) is 42.0 Å². The Balaban J connectivity index is 1.70. The van der Waals surface area contributed by atoms with Gasteiger partial charge >= 0.3 is 6.55 Å². The number of hydrogen-bond acceptors (Lipinski definition) is 3. The Bertz CT molecular complexity index is 713. The third kappa shape index (κ3) is 3.55. The fourth-order valence-electron chi connectivity index (χ4n) is 3.21. The molecule has 1 aliphatic carbocycles. The van der Waals surface area contributed by atoms with Gasteiger partial charge in [-0.05, 0) is 25.0 Å². The molecular weight excluding hydrogens is 332 g/mol. The molecular formula is C17H21F2N3OS. The Morgan fingerprint density at radius 2 is 2.04 bits per heavy atom. The Hall–Kier alpha value is -1.63. The quantitative estimate of drug-likeness (QED) is 0.752. The van der Waals surface area contributed by atoms with Crippen molar-refractivity contribution in [3.63, 3.8) is 0 Å². The minimum absolute atomic E-state index is 0.0280. The van der Waals surface area contributed by atoms with E-state index < -0.39 is 6.55 Å². The monoisotopic (exact) mass is 353 g/mol. The summed E-state index contributed by atoms with van der Waals surface area (Å²) in [4.78, 5) is 18.4. The van der Waals surface area contributed by atoms with E-state index in [0.29, 0.717) is 11.0 Å². The first-order valence-corrected chi connectivity index (χ1v) is 9.20. The standard InChI is InChI=1S/C17H21F2N3OS/c1-21(12-7-3-2-4-8-12)15(23)11-24-17-20-13-9-5-6-10-14(13)22(17)16(18)19/h5-6,9-10,12,16H,2-4,7-8,11H2,1H3. The van der Waals surface area contributed by atoms with Gasteiger partial charge in [-0.15, -0.1) is 0 Å². The normalized spacial score (nSPS) is 16.0. The van der Waals surface area contributed by atoms with Crippen LogP contribution in [0.2, 0.25) is 0 Å². The highest BCUT2D eigenvalue weighted by molar-refractivity contribution is 7.99. The van der Waals surface area contributed by atoms with Crippen molar-refractivity contribution < 1.29 is 13.6 Å². The largest absolute Gasteiger partial charge is 0.342 e. The summed E-state index contributed by atoms with van der Waals surface area (Å²) in [5.74, 6) is 0.100. The van der Waals surface area contributed by atoms with Crippen molar-refractivity contribution in [3.8, 4) is 0 Å². The predicted octanol–water partition coefficient (Wildman–Crippen LogP) is 4.31. The van der Waals surface area contributed by atoms with Gasteiger partial charge in [-0.25, -0.2) is 4.98 Å². The topological polar surface area (TPSA) is 38.1 Å². The molecule has 1 aromatic heterocycles. The van der Waals surface area contributed by atoms with Gasteiger partial charge in [-0.1, -0.05) is 43.2 Å². The van der Waals surface area contributed by atoms with E-state index in [1.165, 1.54) is 6.42 Å². The van der Waals surface area contributed by atoms with Crippen molar-refractivity contribution in [1.82, 2.24) is 14.5 Å². The number of hydrogen-bond donors (Lipinski definition) is 0. The van der Waals surface area contributed by atoms with Crippen LogP contribution in [0, 0.1) is 0 Å². The van der Waals surface area contributed by atoms with Gasteiger partial charge in [0, 0.05) is 13.1 Å². The van der Waals surface area contributed by atoms with Gasteiger partial charge in [0.1, 0.15) is 0 Å². The zero-order valence-corrected chi connectivity index (χ0v) is 14.4. The molecule has 24 heavy (non-hydrogen) atoms. The first-order valence-electron chi connectivity index (χ1n) is 8.21. The summed E-state index contributed by atoms with van der Waals surface area (Å²) in [6.45, 7) is -2.67. The molecule has 0 aliphatic heterocycles. The molecule has 4 nitrogen and oxygen atoms in total. The molecule has 1 aromatic carbocycles. The summed E-state index contributed by atoms with van der Waals surface area (Å²) >= 11 is 1.08. The fraction of sp³-hybridized carbons (Fsp3) is 0.529. The van der Waals surface area contributed by atoms with Crippen LogP contribution < -0.4 is 0 Å². The summed E-state index contributed by atoms with van der Waals surface area (Å²) in [6.07, 6.45) is 5.59. The van der Waals surface area contributed by atoms with Gasteiger partial charge < -0.3 is 4.90 Å². The molecule has 1 fully saturated rings. The lowest BCUT2D eigenvalue weighted by atomic mass is 9.94. The summed E-state index contributed by atoms with van der Waals surface area (Å²) in [5.41, 5.74) is 0.913. The van der Waals surface area contributed by atoms with Crippen molar-refractivity contribution in [3.05, 3.63) is 24.3 Å². The van der Waals surface area contributed by atoms with E-state index >= 15 is 0 Å². The molecule has 2 aromatic rings. The van der Waals surface area contributed by atoms with E-state index in [4.69, 9.17) is 0 Å². The Labute approximate surface area is 144 Å². The number of carbonyl (C=O) groups excluding carboxylic acids is 1. The second-order valence-electron chi connectivity index (χ2n) is 6.12. The van der Waals surface area contributed by atoms with Crippen LogP contribution in [0.4, 0.5) is 8.78 Å². The molecule has 0 saturated heterocycles. The maximum Gasteiger partial charge on any atom is 0.321 e. The second-order valence-corrected chi connectivity index (χ2v) is 7.06. The third-order valence-electron chi connectivity index (χ3n) is 4.60. The fourth-order valence-corrected chi connectivity index (χ4v) is 4.15. The smallest absolute Gasteiger partial charge is 0.321 e. The van der Waals surface area contributed by atoms with E-state index in [9.17, 15) is 13.6 Å². The van der Waals surface area contributed by atoms with Crippen LogP contribution in [-0.2, 0) is 4.79 Å². The maximum atomic E-state index is 13.4. The van der Waals surface area contributed by atoms with Gasteiger partial charge in [0.2, 0.25) is 5.91 Å². The lowest BCUT2D eigenvalue weighted by Crippen LogP contribution is -2.39. The molecule has 1 aliphatic rings. The zero-order valence-electron chi connectivity index (χ0n) is 13.6. The lowest BCUT2D eigenvalue weighted by Gasteiger charge is -2.31. The number of halogens is 2. The molecule has 0 bridgehead atoms. The number of amides is 1. The van der Waals surface area contributed by atoms with Gasteiger partial charge in [0.15, 0.2) is 5.16 Å². The number of nitrogens with zero attached hydrogens (tertiary/aromatic N) is 3. The summed E-state index contributed by atoms with van der Waals surface area (Å²) < 4.78 is 27.7. The number of imidazole rings is 1. The van der Waals surface area contributed by atoms with Crippen LogP contribution >= 0.6 is 11.8 Å². The molecule has 0 unspecified atom stereocenters. The van der Waals surface area contributed by atoms with Crippen LogP contribution in [0.15, 0.2) is 29.4 Å². The van der Waals surface area contributed by atoms with Crippen LogP contribution in [0.25, 0.3) is 11.0 Å². The zero-order chi connectivity index (χ0) is 17.1. The number of fused-ring (bicyclic) bond motifs is 1. The van der Waals surface area contributed by atoms with Crippen molar-refractivity contribution >= 4 is 28.7 Å². The highest BCUT2D eigenvalue weighted by Crippen LogP contribution is 2.29. The second kappa shape index (κ2) is 7.51. The number of rotatable bonds is 5. The number of carbonyl (C=O) groups is 1. The van der Waals surface area contributed by atoms with Crippen molar-refractivity contribution in [1.29, 1.82) is 0 Å². The number of thioether (sulfide) groups is 1. The van der Waals surface area contributed by atoms with Crippen molar-refractivity contribution in [2.24, 2.45) is 0 Å². The van der Waals surface area contributed by atoms with Crippen LogP contribution in [0.1, 0.15) is 38.7 Å². The molecule has 0 N–H and O–H groups in total. The number of benzene rings is 1. The Kier molecular flexibility index (Phi) is 5.38. The molecule has 1 amide bonds. The Morgan fingerprint density at radius 3 is 2.75 bits per heavy atom. The third-order valence-corrected chi connectivity index (χ3v) is 5.54. The summed E-state index contributed by atoms with van der Waals surface area (Å²) in [7, 11) is 1.81. The van der Waals surface area contributed by atoms with E-state index in [1.54, 1.807) is 29.2 Å². The highest BCUT2D eigenvalue weighted by atomic mass is 32.2. The molecule has 0 atom stereocenters. The van der Waals surface area contributed by atoms with Crippen LogP contribution in [0.5, 0.6) is 0 Å². The minimum Gasteiger partial charge on any atom is -0.342 e. The molecule has 1 saturated carbocycles. The molecule has 0 radical (unpaired) electrons. The molecule has 130 valence electrons.